The Bertz CT molecular complexity index is 389. The van der Waals surface area contributed by atoms with Crippen LogP contribution in [0.1, 0.15) is 45.6 Å². The molecule has 2 rings (SSSR count). The highest BCUT2D eigenvalue weighted by atomic mass is 15.1. The van der Waals surface area contributed by atoms with E-state index < -0.39 is 0 Å². The summed E-state index contributed by atoms with van der Waals surface area (Å²) in [7, 11) is 0. The van der Waals surface area contributed by atoms with Crippen LogP contribution in [0.4, 0.5) is 5.69 Å². The summed E-state index contributed by atoms with van der Waals surface area (Å²) in [5.74, 6) is 0.847. The molecule has 2 heterocycles. The van der Waals surface area contributed by atoms with E-state index >= 15 is 0 Å². The van der Waals surface area contributed by atoms with Crippen LogP contribution in [0, 0.1) is 5.92 Å². The van der Waals surface area contributed by atoms with E-state index in [0.29, 0.717) is 6.04 Å². The molecule has 1 aromatic heterocycles. The zero-order valence-corrected chi connectivity index (χ0v) is 12.5. The Labute approximate surface area is 117 Å². The van der Waals surface area contributed by atoms with Crippen LogP contribution < -0.4 is 10.2 Å². The number of rotatable bonds is 5. The number of hydrogen-bond donors (Lipinski definition) is 1. The topological polar surface area (TPSA) is 28.2 Å². The quantitative estimate of drug-likeness (QED) is 0.882. The molecule has 1 unspecified atom stereocenters. The van der Waals surface area contributed by atoms with Crippen molar-refractivity contribution in [3.05, 3.63) is 24.0 Å². The molecule has 1 N–H and O–H groups in total. The van der Waals surface area contributed by atoms with Gasteiger partial charge in [-0.3, -0.25) is 4.98 Å². The van der Waals surface area contributed by atoms with Crippen molar-refractivity contribution in [1.29, 1.82) is 0 Å². The van der Waals surface area contributed by atoms with Crippen LogP contribution in [-0.4, -0.2) is 24.1 Å². The maximum Gasteiger partial charge on any atom is 0.0598 e. The first-order valence-electron chi connectivity index (χ1n) is 7.62. The number of pyridine rings is 1. The van der Waals surface area contributed by atoms with Gasteiger partial charge in [-0.2, -0.15) is 0 Å². The number of nitrogens with zero attached hydrogens (tertiary/aromatic N) is 2. The Balaban J connectivity index is 2.09. The van der Waals surface area contributed by atoms with Crippen LogP contribution in [0.15, 0.2) is 18.5 Å². The maximum atomic E-state index is 4.33. The summed E-state index contributed by atoms with van der Waals surface area (Å²) in [6.07, 6.45) is 7.92. The Hall–Kier alpha value is -1.09. The van der Waals surface area contributed by atoms with Crippen LogP contribution in [0.2, 0.25) is 0 Å². The largest absolute Gasteiger partial charge is 0.370 e. The Morgan fingerprint density at radius 2 is 2.32 bits per heavy atom. The first-order valence-corrected chi connectivity index (χ1v) is 7.62. The standard InChI is InChI=1S/C16H27N3/c1-4-14-6-5-9-19(12-14)16-11-17-8-7-15(16)10-18-13(2)3/h7-8,11,13-14,18H,4-6,9-10,12H2,1-3H3. The minimum absolute atomic E-state index is 0.519. The highest BCUT2D eigenvalue weighted by molar-refractivity contribution is 5.52. The summed E-state index contributed by atoms with van der Waals surface area (Å²) < 4.78 is 0. The Morgan fingerprint density at radius 3 is 3.05 bits per heavy atom. The molecule has 1 aliphatic rings. The average molecular weight is 261 g/mol. The molecular weight excluding hydrogens is 234 g/mol. The van der Waals surface area contributed by atoms with E-state index in [1.165, 1.54) is 43.6 Å². The number of piperidine rings is 1. The lowest BCUT2D eigenvalue weighted by atomic mass is 9.95. The van der Waals surface area contributed by atoms with Gasteiger partial charge in [-0.15, -0.1) is 0 Å². The molecule has 0 aliphatic carbocycles. The van der Waals surface area contributed by atoms with Crippen molar-refractivity contribution in [3.63, 3.8) is 0 Å². The van der Waals surface area contributed by atoms with Crippen molar-refractivity contribution in [2.75, 3.05) is 18.0 Å². The molecule has 0 radical (unpaired) electrons. The van der Waals surface area contributed by atoms with Gasteiger partial charge in [0.15, 0.2) is 0 Å². The van der Waals surface area contributed by atoms with Crippen molar-refractivity contribution >= 4 is 5.69 Å². The SMILES string of the molecule is CCC1CCCN(c2cnccc2CNC(C)C)C1. The van der Waals surface area contributed by atoms with Gasteiger partial charge >= 0.3 is 0 Å². The molecule has 0 aromatic carbocycles. The lowest BCUT2D eigenvalue weighted by Crippen LogP contribution is -2.36. The summed E-state index contributed by atoms with van der Waals surface area (Å²) >= 11 is 0. The second-order valence-corrected chi connectivity index (χ2v) is 5.90. The van der Waals surface area contributed by atoms with E-state index in [1.807, 2.05) is 12.4 Å². The van der Waals surface area contributed by atoms with E-state index in [1.54, 1.807) is 0 Å². The third-order valence-electron chi connectivity index (χ3n) is 4.03. The third kappa shape index (κ3) is 3.93. The fourth-order valence-electron chi connectivity index (χ4n) is 2.78. The van der Waals surface area contributed by atoms with Crippen molar-refractivity contribution in [2.24, 2.45) is 5.92 Å². The number of nitrogens with one attached hydrogen (secondary N) is 1. The molecule has 0 amide bonds. The summed E-state index contributed by atoms with van der Waals surface area (Å²) in [4.78, 5) is 6.86. The van der Waals surface area contributed by atoms with E-state index in [2.05, 4.69) is 42.0 Å². The smallest absolute Gasteiger partial charge is 0.0598 e. The van der Waals surface area contributed by atoms with Crippen LogP contribution in [0.3, 0.4) is 0 Å². The predicted octanol–water partition coefficient (Wildman–Crippen LogP) is 3.21. The van der Waals surface area contributed by atoms with Gasteiger partial charge in [-0.1, -0.05) is 27.2 Å². The third-order valence-corrected chi connectivity index (χ3v) is 4.03. The highest BCUT2D eigenvalue weighted by Crippen LogP contribution is 2.27. The normalized spacial score (nSPS) is 20.0. The van der Waals surface area contributed by atoms with Crippen LogP contribution in [0.25, 0.3) is 0 Å². The second kappa shape index (κ2) is 6.90. The lowest BCUT2D eigenvalue weighted by molar-refractivity contribution is 0.403. The molecule has 1 saturated heterocycles. The number of anilines is 1. The second-order valence-electron chi connectivity index (χ2n) is 5.90. The number of hydrogen-bond acceptors (Lipinski definition) is 3. The van der Waals surface area contributed by atoms with E-state index in [-0.39, 0.29) is 0 Å². The number of aromatic nitrogens is 1. The molecule has 19 heavy (non-hydrogen) atoms. The minimum atomic E-state index is 0.519. The fourth-order valence-corrected chi connectivity index (χ4v) is 2.78. The molecular formula is C16H27N3. The predicted molar refractivity (Wildman–Crippen MR) is 81.4 cm³/mol. The fraction of sp³-hybridized carbons (Fsp3) is 0.688. The van der Waals surface area contributed by atoms with E-state index in [4.69, 9.17) is 0 Å². The van der Waals surface area contributed by atoms with Crippen LogP contribution >= 0.6 is 0 Å². The molecule has 1 fully saturated rings. The van der Waals surface area contributed by atoms with Gasteiger partial charge in [0.1, 0.15) is 0 Å². The van der Waals surface area contributed by atoms with Gasteiger partial charge in [0, 0.05) is 31.9 Å². The minimum Gasteiger partial charge on any atom is -0.370 e. The van der Waals surface area contributed by atoms with Crippen molar-refractivity contribution in [3.8, 4) is 0 Å². The van der Waals surface area contributed by atoms with Gasteiger partial charge in [-0.25, -0.2) is 0 Å². The molecule has 1 atom stereocenters. The molecule has 0 bridgehead atoms. The summed E-state index contributed by atoms with van der Waals surface area (Å²) in [5, 5.41) is 3.51. The summed E-state index contributed by atoms with van der Waals surface area (Å²) in [5.41, 5.74) is 2.70. The first kappa shape index (κ1) is 14.3. The van der Waals surface area contributed by atoms with Crippen molar-refractivity contribution < 1.29 is 0 Å². The molecule has 3 nitrogen and oxygen atoms in total. The first-order chi connectivity index (χ1) is 9.20. The maximum absolute atomic E-state index is 4.33. The summed E-state index contributed by atoms with van der Waals surface area (Å²) in [6, 6.07) is 2.67. The Morgan fingerprint density at radius 1 is 1.47 bits per heavy atom. The summed E-state index contributed by atoms with van der Waals surface area (Å²) in [6.45, 7) is 9.99. The van der Waals surface area contributed by atoms with Gasteiger partial charge < -0.3 is 10.2 Å². The molecule has 1 aliphatic heterocycles. The highest BCUT2D eigenvalue weighted by Gasteiger charge is 2.20. The van der Waals surface area contributed by atoms with Crippen molar-refractivity contribution in [1.82, 2.24) is 10.3 Å². The van der Waals surface area contributed by atoms with E-state index in [9.17, 15) is 0 Å². The molecule has 0 spiro atoms. The molecule has 106 valence electrons. The van der Waals surface area contributed by atoms with Gasteiger partial charge in [-0.05, 0) is 30.4 Å². The van der Waals surface area contributed by atoms with Gasteiger partial charge in [0.2, 0.25) is 0 Å². The average Bonchev–Trinajstić information content (AvgIpc) is 2.45. The van der Waals surface area contributed by atoms with Crippen molar-refractivity contribution in [2.45, 2.75) is 52.6 Å². The van der Waals surface area contributed by atoms with E-state index in [0.717, 1.165) is 12.5 Å². The van der Waals surface area contributed by atoms with Crippen LogP contribution in [0.5, 0.6) is 0 Å². The monoisotopic (exact) mass is 261 g/mol. The zero-order valence-electron chi connectivity index (χ0n) is 12.5. The zero-order chi connectivity index (χ0) is 13.7. The van der Waals surface area contributed by atoms with Crippen LogP contribution in [-0.2, 0) is 6.54 Å². The lowest BCUT2D eigenvalue weighted by Gasteiger charge is -2.35. The Kier molecular flexibility index (Phi) is 5.20. The molecule has 0 saturated carbocycles. The van der Waals surface area contributed by atoms with Gasteiger partial charge in [0.25, 0.3) is 0 Å². The molecule has 3 heteroatoms. The molecule has 1 aromatic rings. The van der Waals surface area contributed by atoms with Gasteiger partial charge in [0.05, 0.1) is 11.9 Å².